The fourth-order valence-electron chi connectivity index (χ4n) is 3.81. The van der Waals surface area contributed by atoms with Crippen LogP contribution >= 0.6 is 0 Å². The molecule has 3 aromatic rings. The average Bonchev–Trinajstić information content (AvgIpc) is 3.64. The van der Waals surface area contributed by atoms with Crippen molar-refractivity contribution in [2.75, 3.05) is 18.4 Å². The van der Waals surface area contributed by atoms with Crippen LogP contribution < -0.4 is 10.6 Å². The van der Waals surface area contributed by atoms with Crippen LogP contribution in [-0.4, -0.2) is 61.6 Å². The van der Waals surface area contributed by atoms with Crippen LogP contribution in [0.5, 0.6) is 0 Å². The molecule has 1 aromatic carbocycles. The Labute approximate surface area is 197 Å². The monoisotopic (exact) mass is 464 g/mol. The van der Waals surface area contributed by atoms with Crippen molar-refractivity contribution >= 4 is 29.5 Å². The molecular formula is C24H28N6O4. The normalized spacial score (nSPS) is 16.9. The Morgan fingerprint density at radius 2 is 1.76 bits per heavy atom. The van der Waals surface area contributed by atoms with Gasteiger partial charge in [0.1, 0.15) is 0 Å². The standard InChI is InChI=1S/C21H22N6O4.C3H6/c1-13(28)22-16-4-3-11-26(12-16)19(29)15-9-7-14(8-10-15)17-5-2-6-18-23-20(24-21(30)31)25-27(17)18;1-2-3-1/h2,5-10,16H,3-4,11-12H2,1H3,(H,22,28)(H,24,25)(H,30,31);1-3H2. The van der Waals surface area contributed by atoms with Crippen LogP contribution in [0, 0.1) is 0 Å². The van der Waals surface area contributed by atoms with Crippen LogP contribution in [0.3, 0.4) is 0 Å². The summed E-state index contributed by atoms with van der Waals surface area (Å²) in [6, 6.07) is 12.5. The SMILES string of the molecule is C1CC1.CC(=O)NC1CCCN(C(=O)c2ccc(-c3cccc4nc(NC(=O)O)nn34)cc2)C1. The highest BCUT2D eigenvalue weighted by atomic mass is 16.4. The van der Waals surface area contributed by atoms with E-state index < -0.39 is 6.09 Å². The van der Waals surface area contributed by atoms with Crippen molar-refractivity contribution in [3.63, 3.8) is 0 Å². The third-order valence-corrected chi connectivity index (χ3v) is 5.48. The molecule has 1 saturated heterocycles. The second kappa shape index (κ2) is 10.3. The van der Waals surface area contributed by atoms with Gasteiger partial charge < -0.3 is 15.3 Å². The minimum Gasteiger partial charge on any atom is -0.465 e. The number of benzene rings is 1. The van der Waals surface area contributed by atoms with Gasteiger partial charge in [0.2, 0.25) is 5.91 Å². The zero-order chi connectivity index (χ0) is 24.1. The maximum atomic E-state index is 12.9. The topological polar surface area (TPSA) is 129 Å². The minimum atomic E-state index is -1.24. The van der Waals surface area contributed by atoms with Crippen molar-refractivity contribution in [2.45, 2.75) is 45.1 Å². The number of hydrogen-bond donors (Lipinski definition) is 3. The van der Waals surface area contributed by atoms with Crippen LogP contribution in [-0.2, 0) is 4.79 Å². The molecule has 2 aliphatic rings. The number of hydrogen-bond acceptors (Lipinski definition) is 5. The lowest BCUT2D eigenvalue weighted by molar-refractivity contribution is -0.120. The molecule has 2 aromatic heterocycles. The molecule has 0 radical (unpaired) electrons. The maximum Gasteiger partial charge on any atom is 0.411 e. The second-order valence-corrected chi connectivity index (χ2v) is 8.48. The number of carboxylic acid groups (broad SMARTS) is 1. The van der Waals surface area contributed by atoms with E-state index in [2.05, 4.69) is 20.7 Å². The van der Waals surface area contributed by atoms with Gasteiger partial charge in [-0.3, -0.25) is 14.9 Å². The Hall–Kier alpha value is -3.95. The average molecular weight is 465 g/mol. The number of carbonyl (C=O) groups excluding carboxylic acids is 2. The summed E-state index contributed by atoms with van der Waals surface area (Å²) in [4.78, 5) is 41.0. The number of carbonyl (C=O) groups is 3. The van der Waals surface area contributed by atoms with E-state index in [1.54, 1.807) is 33.7 Å². The largest absolute Gasteiger partial charge is 0.465 e. The lowest BCUT2D eigenvalue weighted by Gasteiger charge is -2.33. The first-order chi connectivity index (χ1) is 16.4. The first-order valence-corrected chi connectivity index (χ1v) is 11.4. The van der Waals surface area contributed by atoms with Crippen LogP contribution in [0.25, 0.3) is 16.9 Å². The van der Waals surface area contributed by atoms with Crippen LogP contribution in [0.15, 0.2) is 42.5 Å². The number of likely N-dealkylation sites (tertiary alicyclic amines) is 1. The molecule has 10 heteroatoms. The molecule has 1 atom stereocenters. The van der Waals surface area contributed by atoms with E-state index in [1.165, 1.54) is 26.2 Å². The Kier molecular flexibility index (Phi) is 7.05. The quantitative estimate of drug-likeness (QED) is 0.543. The van der Waals surface area contributed by atoms with E-state index in [1.807, 2.05) is 18.2 Å². The van der Waals surface area contributed by atoms with Gasteiger partial charge in [-0.1, -0.05) is 37.5 Å². The Morgan fingerprint density at radius 3 is 2.41 bits per heavy atom. The molecule has 1 saturated carbocycles. The summed E-state index contributed by atoms with van der Waals surface area (Å²) in [5.41, 5.74) is 2.58. The highest BCUT2D eigenvalue weighted by Gasteiger charge is 2.25. The van der Waals surface area contributed by atoms with Gasteiger partial charge in [-0.2, -0.15) is 4.98 Å². The number of nitrogens with zero attached hydrogens (tertiary/aromatic N) is 4. The second-order valence-electron chi connectivity index (χ2n) is 8.48. The zero-order valence-electron chi connectivity index (χ0n) is 19.0. The predicted octanol–water partition coefficient (Wildman–Crippen LogP) is 3.40. The van der Waals surface area contributed by atoms with E-state index in [0.717, 1.165) is 18.4 Å². The smallest absolute Gasteiger partial charge is 0.411 e. The maximum absolute atomic E-state index is 12.9. The van der Waals surface area contributed by atoms with Gasteiger partial charge in [0, 0.05) is 37.2 Å². The predicted molar refractivity (Wildman–Crippen MR) is 127 cm³/mol. The lowest BCUT2D eigenvalue weighted by Crippen LogP contribution is -2.49. The molecule has 0 bridgehead atoms. The van der Waals surface area contributed by atoms with Crippen molar-refractivity contribution in [3.05, 3.63) is 48.0 Å². The summed E-state index contributed by atoms with van der Waals surface area (Å²) in [5, 5.41) is 18.1. The minimum absolute atomic E-state index is 0.00873. The van der Waals surface area contributed by atoms with E-state index in [4.69, 9.17) is 5.11 Å². The van der Waals surface area contributed by atoms with Crippen LogP contribution in [0.1, 0.15) is 49.4 Å². The summed E-state index contributed by atoms with van der Waals surface area (Å²) in [6.45, 7) is 2.64. The molecule has 1 unspecified atom stereocenters. The van der Waals surface area contributed by atoms with Gasteiger partial charge in [0.05, 0.1) is 5.69 Å². The Balaban J connectivity index is 0.000000846. The van der Waals surface area contributed by atoms with E-state index in [0.29, 0.717) is 30.0 Å². The van der Waals surface area contributed by atoms with Gasteiger partial charge in [-0.25, -0.2) is 9.31 Å². The lowest BCUT2D eigenvalue weighted by atomic mass is 10.0. The van der Waals surface area contributed by atoms with Gasteiger partial charge in [-0.15, -0.1) is 5.10 Å². The Bertz CT molecular complexity index is 1190. The van der Waals surface area contributed by atoms with E-state index in [-0.39, 0.29) is 23.8 Å². The number of amides is 3. The molecular weight excluding hydrogens is 436 g/mol. The van der Waals surface area contributed by atoms with Crippen molar-refractivity contribution in [3.8, 4) is 11.3 Å². The summed E-state index contributed by atoms with van der Waals surface area (Å²) in [6.07, 6.45) is 4.97. The first kappa shape index (κ1) is 23.2. The molecule has 34 heavy (non-hydrogen) atoms. The number of piperidine rings is 1. The van der Waals surface area contributed by atoms with Crippen LogP contribution in [0.4, 0.5) is 10.7 Å². The van der Waals surface area contributed by atoms with Crippen molar-refractivity contribution in [1.82, 2.24) is 24.8 Å². The number of aromatic nitrogens is 3. The van der Waals surface area contributed by atoms with Crippen molar-refractivity contribution in [1.29, 1.82) is 0 Å². The molecule has 0 spiro atoms. The molecule has 5 rings (SSSR count). The van der Waals surface area contributed by atoms with Crippen LogP contribution in [0.2, 0.25) is 0 Å². The number of rotatable bonds is 4. The van der Waals surface area contributed by atoms with E-state index >= 15 is 0 Å². The zero-order valence-corrected chi connectivity index (χ0v) is 19.0. The molecule has 3 N–H and O–H groups in total. The molecule has 10 nitrogen and oxygen atoms in total. The van der Waals surface area contributed by atoms with Crippen molar-refractivity contribution in [2.24, 2.45) is 0 Å². The van der Waals surface area contributed by atoms with Gasteiger partial charge in [0.25, 0.3) is 11.9 Å². The highest BCUT2D eigenvalue weighted by molar-refractivity contribution is 5.95. The molecule has 178 valence electrons. The summed E-state index contributed by atoms with van der Waals surface area (Å²) in [7, 11) is 0. The summed E-state index contributed by atoms with van der Waals surface area (Å²) in [5.74, 6) is -0.174. The van der Waals surface area contributed by atoms with Crippen molar-refractivity contribution < 1.29 is 19.5 Å². The summed E-state index contributed by atoms with van der Waals surface area (Å²) < 4.78 is 1.55. The van der Waals surface area contributed by atoms with Gasteiger partial charge >= 0.3 is 6.09 Å². The highest BCUT2D eigenvalue weighted by Crippen LogP contribution is 2.22. The molecule has 1 aliphatic carbocycles. The van der Waals surface area contributed by atoms with Gasteiger partial charge in [0.15, 0.2) is 5.65 Å². The molecule has 3 amide bonds. The third kappa shape index (κ3) is 5.89. The molecule has 3 heterocycles. The number of anilines is 1. The molecule has 1 aliphatic heterocycles. The van der Waals surface area contributed by atoms with E-state index in [9.17, 15) is 14.4 Å². The number of fused-ring (bicyclic) bond motifs is 1. The fraction of sp³-hybridized carbons (Fsp3) is 0.375. The number of pyridine rings is 1. The molecule has 2 fully saturated rings. The third-order valence-electron chi connectivity index (χ3n) is 5.48. The Morgan fingerprint density at radius 1 is 1.03 bits per heavy atom. The summed E-state index contributed by atoms with van der Waals surface area (Å²) >= 11 is 0. The fourth-order valence-corrected chi connectivity index (χ4v) is 3.81. The van der Waals surface area contributed by atoms with Gasteiger partial charge in [-0.05, 0) is 37.1 Å². The first-order valence-electron chi connectivity index (χ1n) is 11.4. The number of nitrogens with one attached hydrogen (secondary N) is 2.